The van der Waals surface area contributed by atoms with Crippen LogP contribution < -0.4 is 0 Å². The second-order valence-electron chi connectivity index (χ2n) is 3.98. The Balaban J connectivity index is 2.24. The van der Waals surface area contributed by atoms with Crippen LogP contribution >= 0.6 is 0 Å². The van der Waals surface area contributed by atoms with Crippen LogP contribution in [0.25, 0.3) is 0 Å². The van der Waals surface area contributed by atoms with Crippen LogP contribution in [0.1, 0.15) is 18.5 Å². The molecule has 0 radical (unpaired) electrons. The molecule has 0 aliphatic rings. The number of carbonyl (C=O) groups is 1. The predicted molar refractivity (Wildman–Crippen MR) is 66.7 cm³/mol. The molecule has 1 amide bonds. The summed E-state index contributed by atoms with van der Waals surface area (Å²) in [4.78, 5) is 17.7. The number of pyridine rings is 1. The van der Waals surface area contributed by atoms with Gasteiger partial charge in [-0.2, -0.15) is 0 Å². The number of carbonyl (C=O) groups excluding carboxylic acids is 1. The molecule has 4 heteroatoms. The van der Waals surface area contributed by atoms with Gasteiger partial charge in [-0.05, 0) is 18.6 Å². The maximum Gasteiger partial charge on any atom is 0.222 e. The van der Waals surface area contributed by atoms with Gasteiger partial charge in [-0.15, -0.1) is 0 Å². The maximum absolute atomic E-state index is 11.7. The molecule has 1 aromatic rings. The van der Waals surface area contributed by atoms with Crippen LogP contribution in [0.3, 0.4) is 0 Å². The topological polar surface area (TPSA) is 42.4 Å². The molecular formula is C13H20N2O2. The Kier molecular flexibility index (Phi) is 6.25. The van der Waals surface area contributed by atoms with Crippen molar-refractivity contribution in [3.05, 3.63) is 30.1 Å². The van der Waals surface area contributed by atoms with Crippen molar-refractivity contribution in [1.82, 2.24) is 9.88 Å². The van der Waals surface area contributed by atoms with Gasteiger partial charge in [-0.25, -0.2) is 0 Å². The highest BCUT2D eigenvalue weighted by Crippen LogP contribution is 2.00. The number of rotatable bonds is 7. The van der Waals surface area contributed by atoms with Crippen LogP contribution in [0, 0.1) is 0 Å². The molecule has 94 valence electrons. The number of aromatic nitrogens is 1. The molecule has 0 unspecified atom stereocenters. The summed E-state index contributed by atoms with van der Waals surface area (Å²) in [7, 11) is 3.48. The number of hydrogen-bond acceptors (Lipinski definition) is 3. The van der Waals surface area contributed by atoms with Crippen LogP contribution in [-0.4, -0.2) is 43.1 Å². The first-order valence-corrected chi connectivity index (χ1v) is 5.87. The molecule has 4 nitrogen and oxygen atoms in total. The minimum atomic E-state index is 0.165. The van der Waals surface area contributed by atoms with E-state index in [0.29, 0.717) is 19.6 Å². The standard InChI is InChI=1S/C13H20N2O2/c1-15(13(16)7-5-11-17-2)10-8-12-6-3-4-9-14-12/h3-4,6,9H,5,7-8,10-11H2,1-2H3. The molecule has 1 heterocycles. The fourth-order valence-corrected chi connectivity index (χ4v) is 1.51. The van der Waals surface area contributed by atoms with Crippen molar-refractivity contribution in [3.63, 3.8) is 0 Å². The lowest BCUT2D eigenvalue weighted by molar-refractivity contribution is -0.130. The normalized spacial score (nSPS) is 10.2. The minimum Gasteiger partial charge on any atom is -0.385 e. The minimum absolute atomic E-state index is 0.165. The number of methoxy groups -OCH3 is 1. The first-order valence-electron chi connectivity index (χ1n) is 5.87. The van der Waals surface area contributed by atoms with E-state index >= 15 is 0 Å². The van der Waals surface area contributed by atoms with Crippen molar-refractivity contribution in [2.75, 3.05) is 27.3 Å². The third-order valence-electron chi connectivity index (χ3n) is 2.59. The van der Waals surface area contributed by atoms with Crippen LogP contribution in [0.15, 0.2) is 24.4 Å². The Morgan fingerprint density at radius 1 is 1.47 bits per heavy atom. The highest BCUT2D eigenvalue weighted by Gasteiger charge is 2.08. The van der Waals surface area contributed by atoms with E-state index in [1.807, 2.05) is 25.2 Å². The maximum atomic E-state index is 11.7. The fourth-order valence-electron chi connectivity index (χ4n) is 1.51. The van der Waals surface area contributed by atoms with E-state index in [4.69, 9.17) is 4.74 Å². The highest BCUT2D eigenvalue weighted by atomic mass is 16.5. The first kappa shape index (κ1) is 13.6. The van der Waals surface area contributed by atoms with Gasteiger partial charge >= 0.3 is 0 Å². The summed E-state index contributed by atoms with van der Waals surface area (Å²) in [6, 6.07) is 5.83. The molecule has 0 aliphatic carbocycles. The van der Waals surface area contributed by atoms with Crippen LogP contribution in [0.5, 0.6) is 0 Å². The zero-order chi connectivity index (χ0) is 12.5. The second-order valence-corrected chi connectivity index (χ2v) is 3.98. The molecule has 0 saturated carbocycles. The van der Waals surface area contributed by atoms with Crippen molar-refractivity contribution in [2.24, 2.45) is 0 Å². The lowest BCUT2D eigenvalue weighted by Crippen LogP contribution is -2.28. The summed E-state index contributed by atoms with van der Waals surface area (Å²) >= 11 is 0. The van der Waals surface area contributed by atoms with E-state index in [0.717, 1.165) is 18.5 Å². The molecule has 17 heavy (non-hydrogen) atoms. The first-order chi connectivity index (χ1) is 8.24. The Labute approximate surface area is 103 Å². The van der Waals surface area contributed by atoms with E-state index in [2.05, 4.69) is 4.98 Å². The molecule has 0 bridgehead atoms. The Morgan fingerprint density at radius 2 is 2.29 bits per heavy atom. The molecule has 0 spiro atoms. The number of amides is 1. The van der Waals surface area contributed by atoms with Gasteiger partial charge in [-0.1, -0.05) is 6.07 Å². The second kappa shape index (κ2) is 7.79. The van der Waals surface area contributed by atoms with Crippen molar-refractivity contribution >= 4 is 5.91 Å². The van der Waals surface area contributed by atoms with Gasteiger partial charge in [0.2, 0.25) is 5.91 Å². The average Bonchev–Trinajstić information content (AvgIpc) is 2.37. The molecule has 0 saturated heterocycles. The van der Waals surface area contributed by atoms with Crippen LogP contribution in [-0.2, 0) is 16.0 Å². The van der Waals surface area contributed by atoms with Crippen molar-refractivity contribution < 1.29 is 9.53 Å². The lowest BCUT2D eigenvalue weighted by Gasteiger charge is -2.16. The average molecular weight is 236 g/mol. The van der Waals surface area contributed by atoms with Gasteiger partial charge in [0, 0.05) is 52.0 Å². The van der Waals surface area contributed by atoms with Gasteiger partial charge in [-0.3, -0.25) is 9.78 Å². The summed E-state index contributed by atoms with van der Waals surface area (Å²) in [6.07, 6.45) is 3.90. The van der Waals surface area contributed by atoms with E-state index in [9.17, 15) is 4.79 Å². The predicted octanol–water partition coefficient (Wildman–Crippen LogP) is 1.51. The molecule has 0 aliphatic heterocycles. The van der Waals surface area contributed by atoms with Crippen molar-refractivity contribution in [1.29, 1.82) is 0 Å². The van der Waals surface area contributed by atoms with Gasteiger partial charge in [0.05, 0.1) is 0 Å². The Bertz CT molecular complexity index is 327. The smallest absolute Gasteiger partial charge is 0.222 e. The van der Waals surface area contributed by atoms with Gasteiger partial charge in [0.1, 0.15) is 0 Å². The van der Waals surface area contributed by atoms with Crippen molar-refractivity contribution in [2.45, 2.75) is 19.3 Å². The van der Waals surface area contributed by atoms with Gasteiger partial charge < -0.3 is 9.64 Å². The molecular weight excluding hydrogens is 216 g/mol. The molecule has 1 aromatic heterocycles. The number of likely N-dealkylation sites (N-methyl/N-ethyl adjacent to an activating group) is 1. The molecule has 0 fully saturated rings. The van der Waals surface area contributed by atoms with Crippen LogP contribution in [0.4, 0.5) is 0 Å². The molecule has 0 N–H and O–H groups in total. The lowest BCUT2D eigenvalue weighted by atomic mass is 10.2. The number of ether oxygens (including phenoxy) is 1. The fraction of sp³-hybridized carbons (Fsp3) is 0.538. The number of hydrogen-bond donors (Lipinski definition) is 0. The highest BCUT2D eigenvalue weighted by molar-refractivity contribution is 5.75. The number of nitrogens with zero attached hydrogens (tertiary/aromatic N) is 2. The quantitative estimate of drug-likeness (QED) is 0.674. The summed E-state index contributed by atoms with van der Waals surface area (Å²) in [6.45, 7) is 1.35. The molecule has 0 atom stereocenters. The van der Waals surface area contributed by atoms with E-state index in [-0.39, 0.29) is 5.91 Å². The zero-order valence-corrected chi connectivity index (χ0v) is 10.6. The molecule has 1 rings (SSSR count). The summed E-state index contributed by atoms with van der Waals surface area (Å²) in [5.41, 5.74) is 1.02. The van der Waals surface area contributed by atoms with Crippen molar-refractivity contribution in [3.8, 4) is 0 Å². The van der Waals surface area contributed by atoms with E-state index < -0.39 is 0 Å². The zero-order valence-electron chi connectivity index (χ0n) is 10.6. The monoisotopic (exact) mass is 236 g/mol. The Hall–Kier alpha value is -1.42. The van der Waals surface area contributed by atoms with E-state index in [1.165, 1.54) is 0 Å². The van der Waals surface area contributed by atoms with Gasteiger partial charge in [0.25, 0.3) is 0 Å². The summed E-state index contributed by atoms with van der Waals surface area (Å²) in [5.74, 6) is 0.165. The Morgan fingerprint density at radius 3 is 2.94 bits per heavy atom. The molecule has 0 aromatic carbocycles. The third kappa shape index (κ3) is 5.45. The largest absolute Gasteiger partial charge is 0.385 e. The van der Waals surface area contributed by atoms with Gasteiger partial charge in [0.15, 0.2) is 0 Å². The third-order valence-corrected chi connectivity index (χ3v) is 2.59. The summed E-state index contributed by atoms with van der Waals surface area (Å²) in [5, 5.41) is 0. The SMILES string of the molecule is COCCCC(=O)N(C)CCc1ccccn1. The van der Waals surface area contributed by atoms with E-state index in [1.54, 1.807) is 18.2 Å². The summed E-state index contributed by atoms with van der Waals surface area (Å²) < 4.78 is 4.92. The van der Waals surface area contributed by atoms with Crippen LogP contribution in [0.2, 0.25) is 0 Å².